The smallest absolute Gasteiger partial charge is 0.328 e. The van der Waals surface area contributed by atoms with Gasteiger partial charge in [0.05, 0.1) is 0 Å². The predicted octanol–water partition coefficient (Wildman–Crippen LogP) is 2.64. The fraction of sp³-hybridized carbons (Fsp3) is 0.500. The Bertz CT molecular complexity index is 535. The van der Waals surface area contributed by atoms with Crippen LogP contribution < -0.4 is 0 Å². The van der Waals surface area contributed by atoms with Crippen molar-refractivity contribution < 1.29 is 19.8 Å². The van der Waals surface area contributed by atoms with E-state index in [1.807, 2.05) is 13.8 Å². The number of aliphatic hydroxyl groups is 1. The maximum Gasteiger partial charge on any atom is 0.328 e. The zero-order valence-corrected chi connectivity index (χ0v) is 12.7. The average molecular weight is 278 g/mol. The van der Waals surface area contributed by atoms with Crippen LogP contribution in [0.4, 0.5) is 0 Å². The molecule has 0 amide bonds. The van der Waals surface area contributed by atoms with Crippen molar-refractivity contribution in [2.75, 3.05) is 0 Å². The van der Waals surface area contributed by atoms with E-state index in [0.29, 0.717) is 16.7 Å². The zero-order chi connectivity index (χ0) is 15.7. The third-order valence-electron chi connectivity index (χ3n) is 4.13. The Morgan fingerprint density at radius 1 is 1.30 bits per heavy atom. The van der Waals surface area contributed by atoms with Gasteiger partial charge in [-0.2, -0.15) is 0 Å². The lowest BCUT2D eigenvalue weighted by molar-refractivity contribution is -0.131. The van der Waals surface area contributed by atoms with E-state index in [1.165, 1.54) is 0 Å². The summed E-state index contributed by atoms with van der Waals surface area (Å²) in [5.41, 5.74) is -0.148. The molecular formula is C16H22O4. The SMILES string of the molecule is CC(=CC(=O)O)/C=C/[C@@]1(O)C(C)=C(C)C(=O)CC1(C)C. The number of carboxylic acid groups (broad SMARTS) is 1. The van der Waals surface area contributed by atoms with E-state index < -0.39 is 17.0 Å². The minimum absolute atomic E-state index is 0.0448. The van der Waals surface area contributed by atoms with Crippen LogP contribution in [0, 0.1) is 5.41 Å². The number of carboxylic acids is 1. The zero-order valence-electron chi connectivity index (χ0n) is 12.7. The first-order chi connectivity index (χ1) is 9.01. The van der Waals surface area contributed by atoms with Gasteiger partial charge in [-0.15, -0.1) is 0 Å². The van der Waals surface area contributed by atoms with Crippen molar-refractivity contribution in [1.29, 1.82) is 0 Å². The number of hydrogen-bond acceptors (Lipinski definition) is 3. The maximum absolute atomic E-state index is 11.9. The Kier molecular flexibility index (Phi) is 4.39. The lowest BCUT2D eigenvalue weighted by Crippen LogP contribution is -2.49. The second-order valence-corrected chi connectivity index (χ2v) is 6.06. The van der Waals surface area contributed by atoms with Gasteiger partial charge in [-0.25, -0.2) is 4.79 Å². The highest BCUT2D eigenvalue weighted by molar-refractivity contribution is 5.97. The summed E-state index contributed by atoms with van der Waals surface area (Å²) >= 11 is 0. The Balaban J connectivity index is 3.28. The van der Waals surface area contributed by atoms with Crippen molar-refractivity contribution >= 4 is 11.8 Å². The van der Waals surface area contributed by atoms with Gasteiger partial charge in [-0.3, -0.25) is 4.79 Å². The number of carbonyl (C=O) groups is 2. The molecule has 0 spiro atoms. The van der Waals surface area contributed by atoms with Crippen LogP contribution in [-0.2, 0) is 9.59 Å². The van der Waals surface area contributed by atoms with Gasteiger partial charge >= 0.3 is 5.97 Å². The van der Waals surface area contributed by atoms with E-state index in [1.54, 1.807) is 32.9 Å². The first kappa shape index (κ1) is 16.4. The second kappa shape index (κ2) is 5.37. The Morgan fingerprint density at radius 2 is 1.85 bits per heavy atom. The molecule has 1 rings (SSSR count). The Morgan fingerprint density at radius 3 is 2.35 bits per heavy atom. The van der Waals surface area contributed by atoms with E-state index in [-0.39, 0.29) is 12.2 Å². The number of ketones is 1. The minimum atomic E-state index is -1.25. The van der Waals surface area contributed by atoms with E-state index in [2.05, 4.69) is 0 Å². The van der Waals surface area contributed by atoms with Gasteiger partial charge in [0.25, 0.3) is 0 Å². The summed E-state index contributed by atoms with van der Waals surface area (Å²) in [6.07, 6.45) is 4.51. The summed E-state index contributed by atoms with van der Waals surface area (Å²) in [5.74, 6) is -0.982. The van der Waals surface area contributed by atoms with Crippen LogP contribution in [0.5, 0.6) is 0 Å². The van der Waals surface area contributed by atoms with E-state index in [9.17, 15) is 14.7 Å². The molecule has 0 aromatic rings. The summed E-state index contributed by atoms with van der Waals surface area (Å²) in [6, 6.07) is 0. The van der Waals surface area contributed by atoms with Gasteiger partial charge < -0.3 is 10.2 Å². The monoisotopic (exact) mass is 278 g/mol. The molecule has 0 fully saturated rings. The molecule has 0 unspecified atom stereocenters. The van der Waals surface area contributed by atoms with Gasteiger partial charge in [0, 0.05) is 17.9 Å². The fourth-order valence-corrected chi connectivity index (χ4v) is 2.52. The van der Waals surface area contributed by atoms with Crippen molar-refractivity contribution in [3.63, 3.8) is 0 Å². The van der Waals surface area contributed by atoms with Crippen molar-refractivity contribution in [2.45, 2.75) is 46.6 Å². The summed E-state index contributed by atoms with van der Waals surface area (Å²) in [7, 11) is 0. The van der Waals surface area contributed by atoms with Gasteiger partial charge in [0.15, 0.2) is 5.78 Å². The number of Topliss-reactive ketones (excluding diaryl/α,β-unsaturated/α-hetero) is 1. The van der Waals surface area contributed by atoms with Gasteiger partial charge in [-0.05, 0) is 43.6 Å². The molecule has 0 saturated heterocycles. The van der Waals surface area contributed by atoms with Crippen LogP contribution in [0.3, 0.4) is 0 Å². The maximum atomic E-state index is 11.9. The summed E-state index contributed by atoms with van der Waals surface area (Å²) in [4.78, 5) is 22.5. The minimum Gasteiger partial charge on any atom is -0.478 e. The molecule has 1 atom stereocenters. The van der Waals surface area contributed by atoms with Crippen molar-refractivity contribution in [1.82, 2.24) is 0 Å². The highest BCUT2D eigenvalue weighted by Gasteiger charge is 2.48. The largest absolute Gasteiger partial charge is 0.478 e. The van der Waals surface area contributed by atoms with Crippen LogP contribution in [0.1, 0.15) is 41.0 Å². The van der Waals surface area contributed by atoms with Gasteiger partial charge in [-0.1, -0.05) is 19.9 Å². The summed E-state index contributed by atoms with van der Waals surface area (Å²) in [5, 5.41) is 19.7. The molecule has 4 nitrogen and oxygen atoms in total. The number of aliphatic carboxylic acids is 1. The second-order valence-electron chi connectivity index (χ2n) is 6.06. The fourth-order valence-electron chi connectivity index (χ4n) is 2.52. The molecule has 0 radical (unpaired) electrons. The molecule has 4 heteroatoms. The quantitative estimate of drug-likeness (QED) is 0.614. The van der Waals surface area contributed by atoms with Crippen LogP contribution in [0.25, 0.3) is 0 Å². The molecule has 0 aromatic heterocycles. The standard InChI is InChI=1S/C16H22O4/c1-10(8-14(18)19)6-7-16(20)12(3)11(2)13(17)9-15(16,4)5/h6-8,20H,9H2,1-5H3,(H,18,19)/b7-6+,10-8?/t16-/m1/s1. The summed E-state index contributed by atoms with van der Waals surface area (Å²) in [6.45, 7) is 8.78. The molecule has 110 valence electrons. The first-order valence-corrected chi connectivity index (χ1v) is 6.55. The molecular weight excluding hydrogens is 256 g/mol. The van der Waals surface area contributed by atoms with Crippen molar-refractivity contribution in [3.05, 3.63) is 34.9 Å². The normalized spacial score (nSPS) is 27.3. The Hall–Kier alpha value is -1.68. The first-order valence-electron chi connectivity index (χ1n) is 6.55. The van der Waals surface area contributed by atoms with Crippen molar-refractivity contribution in [3.8, 4) is 0 Å². The molecule has 1 aliphatic carbocycles. The molecule has 20 heavy (non-hydrogen) atoms. The van der Waals surface area contributed by atoms with Crippen LogP contribution in [0.15, 0.2) is 34.9 Å². The Labute approximate surface area is 119 Å². The van der Waals surface area contributed by atoms with Crippen LogP contribution in [-0.4, -0.2) is 27.6 Å². The summed E-state index contributed by atoms with van der Waals surface area (Å²) < 4.78 is 0. The average Bonchev–Trinajstić information content (AvgIpc) is 2.30. The number of allylic oxidation sites excluding steroid dienone is 3. The van der Waals surface area contributed by atoms with Crippen LogP contribution >= 0.6 is 0 Å². The highest BCUT2D eigenvalue weighted by Crippen LogP contribution is 2.46. The highest BCUT2D eigenvalue weighted by atomic mass is 16.4. The van der Waals surface area contributed by atoms with Crippen LogP contribution in [0.2, 0.25) is 0 Å². The van der Waals surface area contributed by atoms with E-state index in [0.717, 1.165) is 6.08 Å². The lowest BCUT2D eigenvalue weighted by Gasteiger charge is -2.45. The van der Waals surface area contributed by atoms with Gasteiger partial charge in [0.1, 0.15) is 5.60 Å². The molecule has 0 bridgehead atoms. The molecule has 0 aliphatic heterocycles. The third-order valence-corrected chi connectivity index (χ3v) is 4.13. The molecule has 1 aliphatic rings. The molecule has 2 N–H and O–H groups in total. The van der Waals surface area contributed by atoms with E-state index in [4.69, 9.17) is 5.11 Å². The molecule has 0 saturated carbocycles. The van der Waals surface area contributed by atoms with E-state index >= 15 is 0 Å². The predicted molar refractivity (Wildman–Crippen MR) is 77.3 cm³/mol. The molecule has 0 aromatic carbocycles. The number of rotatable bonds is 3. The number of carbonyl (C=O) groups excluding carboxylic acids is 1. The van der Waals surface area contributed by atoms with Crippen molar-refractivity contribution in [2.24, 2.45) is 5.41 Å². The molecule has 0 heterocycles. The topological polar surface area (TPSA) is 74.6 Å². The number of hydrogen-bond donors (Lipinski definition) is 2. The lowest BCUT2D eigenvalue weighted by atomic mass is 9.62. The van der Waals surface area contributed by atoms with Gasteiger partial charge in [0.2, 0.25) is 0 Å². The third kappa shape index (κ3) is 2.90.